The summed E-state index contributed by atoms with van der Waals surface area (Å²) in [5.74, 6) is 0.902. The van der Waals surface area contributed by atoms with Crippen LogP contribution in [-0.2, 0) is 13.2 Å². The number of hydrogen-bond acceptors (Lipinski definition) is 3. The molecular weight excluding hydrogens is 316 g/mol. The number of nitrogens with one attached hydrogen (secondary N) is 1. The molecule has 1 N–H and O–H groups in total. The fourth-order valence-corrected chi connectivity index (χ4v) is 2.31. The second-order valence-corrected chi connectivity index (χ2v) is 5.50. The molecule has 0 saturated heterocycles. The van der Waals surface area contributed by atoms with Crippen LogP contribution >= 0.6 is 15.9 Å². The summed E-state index contributed by atoms with van der Waals surface area (Å²) >= 11 is 3.50. The molecule has 0 unspecified atom stereocenters. The lowest BCUT2D eigenvalue weighted by Crippen LogP contribution is -2.13. The van der Waals surface area contributed by atoms with Crippen LogP contribution in [0.3, 0.4) is 0 Å². The van der Waals surface area contributed by atoms with E-state index in [4.69, 9.17) is 4.74 Å². The predicted molar refractivity (Wildman–Crippen MR) is 84.8 cm³/mol. The SMILES string of the molecule is CCNCc1cc(Br)ccc1OCc1ncccc1C. The van der Waals surface area contributed by atoms with Crippen LogP contribution in [0.15, 0.2) is 41.0 Å². The number of benzene rings is 1. The Kier molecular flexibility index (Phi) is 5.56. The van der Waals surface area contributed by atoms with Gasteiger partial charge in [-0.15, -0.1) is 0 Å². The highest BCUT2D eigenvalue weighted by molar-refractivity contribution is 9.10. The maximum Gasteiger partial charge on any atom is 0.130 e. The Morgan fingerprint density at radius 3 is 2.90 bits per heavy atom. The van der Waals surface area contributed by atoms with E-state index in [0.29, 0.717) is 6.61 Å². The number of pyridine rings is 1. The first kappa shape index (κ1) is 15.0. The lowest BCUT2D eigenvalue weighted by atomic mass is 10.2. The van der Waals surface area contributed by atoms with E-state index in [1.165, 1.54) is 0 Å². The van der Waals surface area contributed by atoms with Gasteiger partial charge >= 0.3 is 0 Å². The standard InChI is InChI=1S/C16H19BrN2O/c1-3-18-10-13-9-14(17)6-7-16(13)20-11-15-12(2)5-4-8-19-15/h4-9,18H,3,10-11H2,1-2H3. The fourth-order valence-electron chi connectivity index (χ4n) is 1.90. The Labute approximate surface area is 128 Å². The minimum atomic E-state index is 0.493. The predicted octanol–water partition coefficient (Wildman–Crippen LogP) is 3.84. The third kappa shape index (κ3) is 4.05. The van der Waals surface area contributed by atoms with E-state index < -0.39 is 0 Å². The summed E-state index contributed by atoms with van der Waals surface area (Å²) in [7, 11) is 0. The molecule has 1 heterocycles. The van der Waals surface area contributed by atoms with Gasteiger partial charge < -0.3 is 10.1 Å². The van der Waals surface area contributed by atoms with Gasteiger partial charge in [0.25, 0.3) is 0 Å². The summed E-state index contributed by atoms with van der Waals surface area (Å²) in [4.78, 5) is 4.35. The van der Waals surface area contributed by atoms with Gasteiger partial charge in [0.1, 0.15) is 12.4 Å². The number of aromatic nitrogens is 1. The van der Waals surface area contributed by atoms with E-state index in [2.05, 4.69) is 39.2 Å². The molecule has 4 heteroatoms. The minimum absolute atomic E-state index is 0.493. The number of aryl methyl sites for hydroxylation is 1. The van der Waals surface area contributed by atoms with Crippen molar-refractivity contribution in [3.8, 4) is 5.75 Å². The zero-order chi connectivity index (χ0) is 14.4. The largest absolute Gasteiger partial charge is 0.487 e. The van der Waals surface area contributed by atoms with E-state index >= 15 is 0 Å². The molecule has 2 rings (SSSR count). The molecule has 0 spiro atoms. The normalized spacial score (nSPS) is 10.6. The number of halogens is 1. The molecule has 3 nitrogen and oxygen atoms in total. The monoisotopic (exact) mass is 334 g/mol. The van der Waals surface area contributed by atoms with Crippen LogP contribution in [0.5, 0.6) is 5.75 Å². The highest BCUT2D eigenvalue weighted by Gasteiger charge is 2.06. The van der Waals surface area contributed by atoms with Crippen molar-refractivity contribution in [2.24, 2.45) is 0 Å². The molecule has 0 fully saturated rings. The Balaban J connectivity index is 2.10. The van der Waals surface area contributed by atoms with Crippen LogP contribution in [0.2, 0.25) is 0 Å². The molecule has 0 radical (unpaired) electrons. The van der Waals surface area contributed by atoms with Crippen LogP contribution in [-0.4, -0.2) is 11.5 Å². The number of ether oxygens (including phenoxy) is 1. The molecule has 0 aliphatic carbocycles. The van der Waals surface area contributed by atoms with Crippen molar-refractivity contribution in [3.05, 3.63) is 57.8 Å². The molecule has 0 saturated carbocycles. The molecular formula is C16H19BrN2O. The molecule has 0 aliphatic heterocycles. The van der Waals surface area contributed by atoms with Gasteiger partial charge in [0, 0.05) is 22.8 Å². The van der Waals surface area contributed by atoms with Crippen LogP contribution in [0.1, 0.15) is 23.7 Å². The summed E-state index contributed by atoms with van der Waals surface area (Å²) in [6, 6.07) is 10.1. The highest BCUT2D eigenvalue weighted by atomic mass is 79.9. The first-order valence-corrected chi connectivity index (χ1v) is 7.52. The van der Waals surface area contributed by atoms with Crippen molar-refractivity contribution >= 4 is 15.9 Å². The van der Waals surface area contributed by atoms with E-state index in [1.54, 1.807) is 6.20 Å². The molecule has 106 valence electrons. The Bertz CT molecular complexity index is 572. The van der Waals surface area contributed by atoms with Gasteiger partial charge in [0.05, 0.1) is 5.69 Å². The smallest absolute Gasteiger partial charge is 0.130 e. The summed E-state index contributed by atoms with van der Waals surface area (Å²) < 4.78 is 6.99. The van der Waals surface area contributed by atoms with Crippen molar-refractivity contribution in [3.63, 3.8) is 0 Å². The number of nitrogens with zero attached hydrogens (tertiary/aromatic N) is 1. The number of rotatable bonds is 6. The minimum Gasteiger partial charge on any atom is -0.487 e. The Hall–Kier alpha value is -1.39. The zero-order valence-corrected chi connectivity index (χ0v) is 13.4. The van der Waals surface area contributed by atoms with E-state index in [9.17, 15) is 0 Å². The van der Waals surface area contributed by atoms with Gasteiger partial charge in [-0.05, 0) is 43.3 Å². The van der Waals surface area contributed by atoms with Gasteiger partial charge in [0.2, 0.25) is 0 Å². The van der Waals surface area contributed by atoms with E-state index in [-0.39, 0.29) is 0 Å². The topological polar surface area (TPSA) is 34.1 Å². The van der Waals surface area contributed by atoms with Crippen molar-refractivity contribution in [2.45, 2.75) is 27.0 Å². The second-order valence-electron chi connectivity index (χ2n) is 4.59. The van der Waals surface area contributed by atoms with Gasteiger partial charge in [0.15, 0.2) is 0 Å². The molecule has 0 amide bonds. The van der Waals surface area contributed by atoms with E-state index in [1.807, 2.05) is 31.2 Å². The van der Waals surface area contributed by atoms with Crippen molar-refractivity contribution in [1.29, 1.82) is 0 Å². The molecule has 2 aromatic rings. The van der Waals surface area contributed by atoms with Crippen LogP contribution < -0.4 is 10.1 Å². The highest BCUT2D eigenvalue weighted by Crippen LogP contribution is 2.24. The summed E-state index contributed by atoms with van der Waals surface area (Å²) in [6.07, 6.45) is 1.80. The molecule has 20 heavy (non-hydrogen) atoms. The van der Waals surface area contributed by atoms with Crippen molar-refractivity contribution < 1.29 is 4.74 Å². The maximum absolute atomic E-state index is 5.93. The van der Waals surface area contributed by atoms with Crippen LogP contribution in [0, 0.1) is 6.92 Å². The Morgan fingerprint density at radius 1 is 1.30 bits per heavy atom. The van der Waals surface area contributed by atoms with Crippen LogP contribution in [0.4, 0.5) is 0 Å². The molecule has 1 aromatic carbocycles. The first-order chi connectivity index (χ1) is 9.70. The summed E-state index contributed by atoms with van der Waals surface area (Å²) in [5.41, 5.74) is 3.28. The van der Waals surface area contributed by atoms with Crippen molar-refractivity contribution in [1.82, 2.24) is 10.3 Å². The van der Waals surface area contributed by atoms with Gasteiger partial charge in [-0.1, -0.05) is 28.9 Å². The average Bonchev–Trinajstić information content (AvgIpc) is 2.45. The van der Waals surface area contributed by atoms with Gasteiger partial charge in [-0.25, -0.2) is 0 Å². The third-order valence-corrected chi connectivity index (χ3v) is 3.56. The number of hydrogen-bond donors (Lipinski definition) is 1. The molecule has 0 atom stereocenters. The summed E-state index contributed by atoms with van der Waals surface area (Å²) in [6.45, 7) is 6.37. The van der Waals surface area contributed by atoms with Crippen LogP contribution in [0.25, 0.3) is 0 Å². The van der Waals surface area contributed by atoms with Gasteiger partial charge in [-0.2, -0.15) is 0 Å². The molecule has 0 aliphatic rings. The summed E-state index contributed by atoms with van der Waals surface area (Å²) in [5, 5.41) is 3.33. The molecule has 1 aromatic heterocycles. The first-order valence-electron chi connectivity index (χ1n) is 6.73. The third-order valence-electron chi connectivity index (χ3n) is 3.07. The maximum atomic E-state index is 5.93. The Morgan fingerprint density at radius 2 is 2.15 bits per heavy atom. The lowest BCUT2D eigenvalue weighted by molar-refractivity contribution is 0.296. The lowest BCUT2D eigenvalue weighted by Gasteiger charge is -2.13. The zero-order valence-electron chi connectivity index (χ0n) is 11.8. The van der Waals surface area contributed by atoms with E-state index in [0.717, 1.165) is 40.1 Å². The molecule has 0 bridgehead atoms. The van der Waals surface area contributed by atoms with Crippen molar-refractivity contribution in [2.75, 3.05) is 6.54 Å². The fraction of sp³-hybridized carbons (Fsp3) is 0.312. The average molecular weight is 335 g/mol. The second kappa shape index (κ2) is 7.41. The van der Waals surface area contributed by atoms with Gasteiger partial charge in [-0.3, -0.25) is 4.98 Å². The quantitative estimate of drug-likeness (QED) is 0.871.